The van der Waals surface area contributed by atoms with Gasteiger partial charge in [0, 0.05) is 12.4 Å². The van der Waals surface area contributed by atoms with Gasteiger partial charge < -0.3 is 4.57 Å². The standard InChI is InChI=1S/C23H20N2/c1-18-8-7-11-20(16-18)21-12-5-6-13-22(21)23(25-15-14-24-17-25)19-9-3-2-4-10-19/h2-17,23H,1H3. The molecule has 3 aromatic carbocycles. The van der Waals surface area contributed by atoms with Gasteiger partial charge in [0.05, 0.1) is 12.4 Å². The Bertz CT molecular complexity index is 956. The van der Waals surface area contributed by atoms with E-state index < -0.39 is 0 Å². The van der Waals surface area contributed by atoms with Crippen molar-refractivity contribution in [3.63, 3.8) is 0 Å². The van der Waals surface area contributed by atoms with Crippen LogP contribution in [-0.2, 0) is 0 Å². The first-order valence-corrected chi connectivity index (χ1v) is 8.51. The summed E-state index contributed by atoms with van der Waals surface area (Å²) < 4.78 is 2.17. The van der Waals surface area contributed by atoms with Crippen LogP contribution in [0.2, 0.25) is 0 Å². The third kappa shape index (κ3) is 3.11. The Morgan fingerprint density at radius 1 is 0.840 bits per heavy atom. The van der Waals surface area contributed by atoms with Crippen LogP contribution >= 0.6 is 0 Å². The number of hydrogen-bond donors (Lipinski definition) is 0. The van der Waals surface area contributed by atoms with Crippen molar-refractivity contribution in [2.24, 2.45) is 0 Å². The van der Waals surface area contributed by atoms with E-state index in [4.69, 9.17) is 0 Å². The highest BCUT2D eigenvalue weighted by Gasteiger charge is 2.19. The molecule has 0 bridgehead atoms. The molecule has 1 atom stereocenters. The smallest absolute Gasteiger partial charge is 0.0954 e. The molecule has 0 aliphatic heterocycles. The van der Waals surface area contributed by atoms with Crippen LogP contribution in [0.25, 0.3) is 11.1 Å². The Kier molecular flexibility index (Phi) is 4.17. The number of benzene rings is 3. The molecule has 25 heavy (non-hydrogen) atoms. The van der Waals surface area contributed by atoms with Gasteiger partial charge in [0.15, 0.2) is 0 Å². The topological polar surface area (TPSA) is 17.8 Å². The second-order valence-corrected chi connectivity index (χ2v) is 6.28. The van der Waals surface area contributed by atoms with Crippen LogP contribution in [0.15, 0.2) is 97.6 Å². The van der Waals surface area contributed by atoms with Crippen LogP contribution in [-0.4, -0.2) is 9.55 Å². The summed E-state index contributed by atoms with van der Waals surface area (Å²) in [7, 11) is 0. The number of aryl methyl sites for hydroxylation is 1. The lowest BCUT2D eigenvalue weighted by molar-refractivity contribution is 0.678. The summed E-state index contributed by atoms with van der Waals surface area (Å²) in [6, 6.07) is 28.0. The van der Waals surface area contributed by atoms with Crippen LogP contribution in [0.5, 0.6) is 0 Å². The lowest BCUT2D eigenvalue weighted by atomic mass is 9.90. The van der Waals surface area contributed by atoms with E-state index in [1.807, 2.05) is 18.7 Å². The molecule has 0 fully saturated rings. The van der Waals surface area contributed by atoms with E-state index >= 15 is 0 Å². The fourth-order valence-electron chi connectivity index (χ4n) is 3.38. The van der Waals surface area contributed by atoms with E-state index in [-0.39, 0.29) is 6.04 Å². The molecular weight excluding hydrogens is 304 g/mol. The Labute approximate surface area is 148 Å². The summed E-state index contributed by atoms with van der Waals surface area (Å²) in [6.45, 7) is 2.14. The quantitative estimate of drug-likeness (QED) is 0.485. The second-order valence-electron chi connectivity index (χ2n) is 6.28. The zero-order valence-corrected chi connectivity index (χ0v) is 14.2. The molecule has 0 aliphatic carbocycles. The molecule has 0 spiro atoms. The zero-order chi connectivity index (χ0) is 17.1. The van der Waals surface area contributed by atoms with Gasteiger partial charge in [0.1, 0.15) is 0 Å². The molecule has 0 saturated carbocycles. The Morgan fingerprint density at radius 3 is 2.40 bits per heavy atom. The van der Waals surface area contributed by atoms with E-state index in [9.17, 15) is 0 Å². The third-order valence-corrected chi connectivity index (χ3v) is 4.52. The number of hydrogen-bond acceptors (Lipinski definition) is 1. The summed E-state index contributed by atoms with van der Waals surface area (Å²) in [4.78, 5) is 4.27. The lowest BCUT2D eigenvalue weighted by Gasteiger charge is -2.23. The number of imidazole rings is 1. The van der Waals surface area contributed by atoms with Gasteiger partial charge in [-0.05, 0) is 29.2 Å². The van der Waals surface area contributed by atoms with Gasteiger partial charge in [-0.2, -0.15) is 0 Å². The minimum Gasteiger partial charge on any atom is -0.326 e. The number of rotatable bonds is 4. The van der Waals surface area contributed by atoms with Gasteiger partial charge in [-0.3, -0.25) is 0 Å². The van der Waals surface area contributed by atoms with E-state index in [1.54, 1.807) is 0 Å². The maximum Gasteiger partial charge on any atom is 0.0954 e. The molecule has 2 heteroatoms. The Balaban J connectivity index is 1.92. The summed E-state index contributed by atoms with van der Waals surface area (Å²) in [5, 5.41) is 0. The fraction of sp³-hybridized carbons (Fsp3) is 0.0870. The van der Waals surface area contributed by atoms with Crippen molar-refractivity contribution in [3.8, 4) is 11.1 Å². The van der Waals surface area contributed by atoms with Crippen molar-refractivity contribution in [2.45, 2.75) is 13.0 Å². The number of aromatic nitrogens is 2. The maximum atomic E-state index is 4.27. The van der Waals surface area contributed by atoms with Gasteiger partial charge in [0.2, 0.25) is 0 Å². The van der Waals surface area contributed by atoms with Crippen molar-refractivity contribution >= 4 is 0 Å². The van der Waals surface area contributed by atoms with Gasteiger partial charge in [-0.15, -0.1) is 0 Å². The average Bonchev–Trinajstić information content (AvgIpc) is 3.18. The Hall–Kier alpha value is -3.13. The third-order valence-electron chi connectivity index (χ3n) is 4.52. The Morgan fingerprint density at radius 2 is 1.64 bits per heavy atom. The molecule has 0 saturated heterocycles. The highest BCUT2D eigenvalue weighted by molar-refractivity contribution is 5.69. The second kappa shape index (κ2) is 6.78. The molecule has 4 rings (SSSR count). The van der Waals surface area contributed by atoms with Crippen molar-refractivity contribution in [2.75, 3.05) is 0 Å². The zero-order valence-electron chi connectivity index (χ0n) is 14.2. The minimum absolute atomic E-state index is 0.0976. The van der Waals surface area contributed by atoms with E-state index in [2.05, 4.69) is 95.3 Å². The predicted octanol–water partition coefficient (Wildman–Crippen LogP) is 5.50. The molecule has 0 N–H and O–H groups in total. The van der Waals surface area contributed by atoms with Crippen molar-refractivity contribution < 1.29 is 0 Å². The van der Waals surface area contributed by atoms with E-state index in [1.165, 1.54) is 27.8 Å². The molecule has 2 nitrogen and oxygen atoms in total. The van der Waals surface area contributed by atoms with Gasteiger partial charge in [0.25, 0.3) is 0 Å². The first-order chi connectivity index (χ1) is 12.3. The van der Waals surface area contributed by atoms with E-state index in [0.29, 0.717) is 0 Å². The van der Waals surface area contributed by atoms with Gasteiger partial charge in [-0.25, -0.2) is 4.98 Å². The van der Waals surface area contributed by atoms with Crippen molar-refractivity contribution in [3.05, 3.63) is 114 Å². The summed E-state index contributed by atoms with van der Waals surface area (Å²) >= 11 is 0. The molecule has 4 aromatic rings. The predicted molar refractivity (Wildman–Crippen MR) is 103 cm³/mol. The molecule has 0 radical (unpaired) electrons. The van der Waals surface area contributed by atoms with Crippen LogP contribution < -0.4 is 0 Å². The summed E-state index contributed by atoms with van der Waals surface area (Å²) in [6.07, 6.45) is 5.76. The van der Waals surface area contributed by atoms with E-state index in [0.717, 1.165) is 0 Å². The molecule has 1 unspecified atom stereocenters. The molecule has 122 valence electrons. The monoisotopic (exact) mass is 324 g/mol. The van der Waals surface area contributed by atoms with Gasteiger partial charge in [-0.1, -0.05) is 84.4 Å². The normalized spacial score (nSPS) is 12.0. The van der Waals surface area contributed by atoms with Crippen LogP contribution in [0.1, 0.15) is 22.7 Å². The summed E-state index contributed by atoms with van der Waals surface area (Å²) in [5.41, 5.74) is 6.30. The molecule has 0 amide bonds. The summed E-state index contributed by atoms with van der Waals surface area (Å²) in [5.74, 6) is 0. The largest absolute Gasteiger partial charge is 0.326 e. The molecule has 0 aliphatic rings. The van der Waals surface area contributed by atoms with Crippen molar-refractivity contribution in [1.29, 1.82) is 0 Å². The number of nitrogens with zero attached hydrogens (tertiary/aromatic N) is 2. The molecular formula is C23H20N2. The maximum absolute atomic E-state index is 4.27. The first kappa shape index (κ1) is 15.4. The van der Waals surface area contributed by atoms with Gasteiger partial charge >= 0.3 is 0 Å². The van der Waals surface area contributed by atoms with Crippen LogP contribution in [0, 0.1) is 6.92 Å². The molecule has 1 heterocycles. The van der Waals surface area contributed by atoms with Crippen LogP contribution in [0.4, 0.5) is 0 Å². The highest BCUT2D eigenvalue weighted by atomic mass is 15.1. The average molecular weight is 324 g/mol. The highest BCUT2D eigenvalue weighted by Crippen LogP contribution is 2.34. The van der Waals surface area contributed by atoms with Crippen LogP contribution in [0.3, 0.4) is 0 Å². The van der Waals surface area contributed by atoms with Crippen molar-refractivity contribution in [1.82, 2.24) is 9.55 Å². The lowest BCUT2D eigenvalue weighted by Crippen LogP contribution is -2.11. The molecule has 1 aromatic heterocycles. The first-order valence-electron chi connectivity index (χ1n) is 8.51. The fourth-order valence-corrected chi connectivity index (χ4v) is 3.38. The minimum atomic E-state index is 0.0976. The SMILES string of the molecule is Cc1cccc(-c2ccccc2C(c2ccccc2)n2ccnc2)c1.